The van der Waals surface area contributed by atoms with Crippen molar-refractivity contribution in [3.8, 4) is 0 Å². The van der Waals surface area contributed by atoms with Gasteiger partial charge >= 0.3 is 5.97 Å². The number of aromatic nitrogens is 2. The number of hydrogen-bond acceptors (Lipinski definition) is 4. The number of rotatable bonds is 5. The van der Waals surface area contributed by atoms with E-state index in [2.05, 4.69) is 4.98 Å². The quantitative estimate of drug-likeness (QED) is 0.832. The maximum atomic E-state index is 11.9. The van der Waals surface area contributed by atoms with Crippen LogP contribution in [0.2, 0.25) is 0 Å². The van der Waals surface area contributed by atoms with Crippen LogP contribution in [0.5, 0.6) is 0 Å². The van der Waals surface area contributed by atoms with Gasteiger partial charge in [-0.25, -0.2) is 4.79 Å². The molecule has 19 heavy (non-hydrogen) atoms. The number of nitrogen functional groups attached to an aromatic ring is 1. The minimum Gasteiger partial charge on any atom is -0.461 e. The van der Waals surface area contributed by atoms with E-state index in [-0.39, 0.29) is 5.97 Å². The van der Waals surface area contributed by atoms with Crippen molar-refractivity contribution in [1.29, 1.82) is 0 Å². The number of ether oxygens (including phenoxy) is 1. The molecule has 0 saturated carbocycles. The van der Waals surface area contributed by atoms with Crippen LogP contribution in [-0.4, -0.2) is 22.1 Å². The molecule has 0 aliphatic carbocycles. The Morgan fingerprint density at radius 1 is 1.53 bits per heavy atom. The number of carbonyl (C=O) groups is 1. The first kappa shape index (κ1) is 13.1. The van der Waals surface area contributed by atoms with Gasteiger partial charge in [-0.05, 0) is 24.6 Å². The zero-order valence-corrected chi connectivity index (χ0v) is 10.9. The van der Waals surface area contributed by atoms with Crippen LogP contribution in [0.25, 0.3) is 0 Å². The number of anilines is 1. The molecule has 2 N–H and O–H groups in total. The van der Waals surface area contributed by atoms with E-state index in [1.807, 2.05) is 19.1 Å². The number of aryl methyl sites for hydroxylation is 1. The third-order valence-corrected chi connectivity index (χ3v) is 2.81. The second kappa shape index (κ2) is 6.04. The molecule has 0 saturated heterocycles. The Bertz CT molecular complexity index is 549. The van der Waals surface area contributed by atoms with Gasteiger partial charge in [0, 0.05) is 31.6 Å². The molecule has 0 bridgehead atoms. The van der Waals surface area contributed by atoms with Crippen LogP contribution in [0.1, 0.15) is 23.0 Å². The van der Waals surface area contributed by atoms with Crippen LogP contribution in [0.3, 0.4) is 0 Å². The standard InChI is InChI=1S/C14H17N3O2/c1-2-17-10-12(15)8-13(17)14(18)19-7-5-11-4-3-6-16-9-11/h3-4,6,8-10H,2,5,7,15H2,1H3. The second-order valence-electron chi connectivity index (χ2n) is 4.19. The number of hydrogen-bond donors (Lipinski definition) is 1. The van der Waals surface area contributed by atoms with E-state index < -0.39 is 0 Å². The number of nitrogens with two attached hydrogens (primary N) is 1. The van der Waals surface area contributed by atoms with E-state index in [9.17, 15) is 4.79 Å². The molecule has 100 valence electrons. The van der Waals surface area contributed by atoms with Crippen LogP contribution < -0.4 is 5.73 Å². The first-order valence-electron chi connectivity index (χ1n) is 6.22. The zero-order chi connectivity index (χ0) is 13.7. The lowest BCUT2D eigenvalue weighted by Gasteiger charge is -2.07. The molecule has 5 heteroatoms. The first-order valence-corrected chi connectivity index (χ1v) is 6.22. The van der Waals surface area contributed by atoms with Gasteiger partial charge in [-0.2, -0.15) is 0 Å². The Hall–Kier alpha value is -2.30. The van der Waals surface area contributed by atoms with Gasteiger partial charge in [0.15, 0.2) is 0 Å². The fourth-order valence-electron chi connectivity index (χ4n) is 1.85. The summed E-state index contributed by atoms with van der Waals surface area (Å²) in [5.41, 5.74) is 7.78. The van der Waals surface area contributed by atoms with E-state index in [0.29, 0.717) is 31.0 Å². The molecular formula is C14H17N3O2. The minimum absolute atomic E-state index is 0.333. The van der Waals surface area contributed by atoms with E-state index in [1.165, 1.54) is 0 Å². The van der Waals surface area contributed by atoms with Crippen molar-refractivity contribution in [1.82, 2.24) is 9.55 Å². The summed E-state index contributed by atoms with van der Waals surface area (Å²) in [7, 11) is 0. The van der Waals surface area contributed by atoms with Crippen LogP contribution in [0.4, 0.5) is 5.69 Å². The van der Waals surface area contributed by atoms with E-state index in [4.69, 9.17) is 10.5 Å². The molecule has 0 aliphatic heterocycles. The fraction of sp³-hybridized carbons (Fsp3) is 0.286. The average molecular weight is 259 g/mol. The van der Waals surface area contributed by atoms with Crippen molar-refractivity contribution in [2.75, 3.05) is 12.3 Å². The molecule has 5 nitrogen and oxygen atoms in total. The number of carbonyl (C=O) groups excluding carboxylic acids is 1. The third kappa shape index (κ3) is 3.34. The van der Waals surface area contributed by atoms with Gasteiger partial charge in [-0.1, -0.05) is 6.07 Å². The molecular weight excluding hydrogens is 242 g/mol. The second-order valence-corrected chi connectivity index (χ2v) is 4.19. The molecule has 0 amide bonds. The molecule has 0 aromatic carbocycles. The largest absolute Gasteiger partial charge is 0.461 e. The molecule has 2 rings (SSSR count). The lowest BCUT2D eigenvalue weighted by atomic mass is 10.2. The monoisotopic (exact) mass is 259 g/mol. The predicted octanol–water partition coefficient (Wildman–Crippen LogP) is 1.88. The topological polar surface area (TPSA) is 70.1 Å². The van der Waals surface area contributed by atoms with Crippen molar-refractivity contribution >= 4 is 11.7 Å². The molecule has 2 aromatic heterocycles. The zero-order valence-electron chi connectivity index (χ0n) is 10.9. The molecule has 2 aromatic rings. The molecule has 0 aliphatic rings. The van der Waals surface area contributed by atoms with Crippen LogP contribution in [0, 0.1) is 0 Å². The Labute approximate surface area is 112 Å². The highest BCUT2D eigenvalue weighted by molar-refractivity contribution is 5.89. The molecule has 2 heterocycles. The summed E-state index contributed by atoms with van der Waals surface area (Å²) in [5.74, 6) is -0.345. The van der Waals surface area contributed by atoms with Crippen molar-refractivity contribution < 1.29 is 9.53 Å². The van der Waals surface area contributed by atoms with Crippen LogP contribution in [-0.2, 0) is 17.7 Å². The van der Waals surface area contributed by atoms with Gasteiger partial charge in [-0.3, -0.25) is 4.98 Å². The van der Waals surface area contributed by atoms with Gasteiger partial charge in [0.2, 0.25) is 0 Å². The predicted molar refractivity (Wildman–Crippen MR) is 72.7 cm³/mol. The van der Waals surface area contributed by atoms with Gasteiger partial charge in [-0.15, -0.1) is 0 Å². The van der Waals surface area contributed by atoms with Crippen LogP contribution in [0.15, 0.2) is 36.8 Å². The fourth-order valence-corrected chi connectivity index (χ4v) is 1.85. The molecule has 0 unspecified atom stereocenters. The summed E-state index contributed by atoms with van der Waals surface area (Å²) < 4.78 is 7.02. The average Bonchev–Trinajstić information content (AvgIpc) is 2.81. The van der Waals surface area contributed by atoms with Crippen molar-refractivity contribution in [2.24, 2.45) is 0 Å². The van der Waals surface area contributed by atoms with Crippen LogP contribution >= 0.6 is 0 Å². The lowest BCUT2D eigenvalue weighted by Crippen LogP contribution is -2.12. The van der Waals surface area contributed by atoms with E-state index >= 15 is 0 Å². The van der Waals surface area contributed by atoms with Gasteiger partial charge in [0.05, 0.1) is 12.3 Å². The summed E-state index contributed by atoms with van der Waals surface area (Å²) in [6.45, 7) is 2.97. The van der Waals surface area contributed by atoms with Crippen molar-refractivity contribution in [2.45, 2.75) is 19.9 Å². The van der Waals surface area contributed by atoms with Gasteiger partial charge in [0.1, 0.15) is 5.69 Å². The Morgan fingerprint density at radius 2 is 2.37 bits per heavy atom. The Kier molecular flexibility index (Phi) is 4.18. The summed E-state index contributed by atoms with van der Waals surface area (Å²) in [6, 6.07) is 5.45. The molecule has 0 radical (unpaired) electrons. The Balaban J connectivity index is 1.91. The van der Waals surface area contributed by atoms with E-state index in [1.54, 1.807) is 29.2 Å². The van der Waals surface area contributed by atoms with Gasteiger partial charge < -0.3 is 15.0 Å². The van der Waals surface area contributed by atoms with Gasteiger partial charge in [0.25, 0.3) is 0 Å². The highest BCUT2D eigenvalue weighted by atomic mass is 16.5. The first-order chi connectivity index (χ1) is 9.20. The van der Waals surface area contributed by atoms with Crippen molar-refractivity contribution in [3.63, 3.8) is 0 Å². The molecule has 0 spiro atoms. The maximum Gasteiger partial charge on any atom is 0.355 e. The van der Waals surface area contributed by atoms with Crippen molar-refractivity contribution in [3.05, 3.63) is 48.0 Å². The number of esters is 1. The summed E-state index contributed by atoms with van der Waals surface area (Å²) in [5, 5.41) is 0. The highest BCUT2D eigenvalue weighted by Gasteiger charge is 2.13. The lowest BCUT2D eigenvalue weighted by molar-refractivity contribution is 0.0497. The number of pyridine rings is 1. The number of nitrogens with zero attached hydrogens (tertiary/aromatic N) is 2. The normalized spacial score (nSPS) is 10.4. The smallest absolute Gasteiger partial charge is 0.355 e. The third-order valence-electron chi connectivity index (χ3n) is 2.81. The molecule has 0 fully saturated rings. The highest BCUT2D eigenvalue weighted by Crippen LogP contribution is 2.12. The summed E-state index contributed by atoms with van der Waals surface area (Å²) in [4.78, 5) is 15.9. The summed E-state index contributed by atoms with van der Waals surface area (Å²) in [6.07, 6.45) is 5.87. The summed E-state index contributed by atoms with van der Waals surface area (Å²) >= 11 is 0. The Morgan fingerprint density at radius 3 is 3.05 bits per heavy atom. The molecule has 0 atom stereocenters. The maximum absolute atomic E-state index is 11.9. The SMILES string of the molecule is CCn1cc(N)cc1C(=O)OCCc1cccnc1. The van der Waals surface area contributed by atoms with E-state index in [0.717, 1.165) is 5.56 Å². The minimum atomic E-state index is -0.345.